The van der Waals surface area contributed by atoms with E-state index in [1.165, 1.54) is 62.8 Å². The van der Waals surface area contributed by atoms with Crippen LogP contribution in [0.15, 0.2) is 162 Å². The van der Waals surface area contributed by atoms with Crippen molar-refractivity contribution < 1.29 is 66.8 Å². The van der Waals surface area contributed by atoms with Crippen LogP contribution in [0.1, 0.15) is 36.1 Å². The molecular weight excluding hydrogens is 1060 g/mol. The van der Waals surface area contributed by atoms with Gasteiger partial charge in [0.15, 0.2) is 0 Å². The van der Waals surface area contributed by atoms with Crippen LogP contribution < -0.4 is 0 Å². The van der Waals surface area contributed by atoms with E-state index in [9.17, 15) is 29.8 Å². The van der Waals surface area contributed by atoms with Gasteiger partial charge in [0.05, 0.1) is 46.3 Å². The van der Waals surface area contributed by atoms with Crippen LogP contribution in [0.25, 0.3) is 5.57 Å². The van der Waals surface area contributed by atoms with Crippen molar-refractivity contribution in [1.29, 1.82) is 0 Å². The predicted octanol–water partition coefficient (Wildman–Crippen LogP) is 11.8. The lowest BCUT2D eigenvalue weighted by atomic mass is 9.87. The SMILES string of the molecule is COC(OC)=C(C(Cc1ccccc1)=C1C(=C(OCc2ccccc2[N+](=O)[O-])OCc2ccccc2[N+](=O)[O-])OC(=C(OC(C)=O)OC(C)=O)OC1=C(OCC(Cl)(Cl)Cl)OCC(Cl)(Cl)Cl)c1ccccc1. The monoisotopic (exact) mass is 1100 g/mol. The molecule has 0 unspecified atom stereocenters. The Morgan fingerprint density at radius 1 is 0.577 bits per heavy atom. The predicted molar refractivity (Wildman–Crippen MR) is 260 cm³/mol. The van der Waals surface area contributed by atoms with Crippen LogP contribution in [0.5, 0.6) is 0 Å². The Balaban J connectivity index is 2.11. The first kappa shape index (κ1) is 55.4. The van der Waals surface area contributed by atoms with Gasteiger partial charge in [-0.05, 0) is 35.3 Å². The first-order valence-corrected chi connectivity index (χ1v) is 22.7. The minimum atomic E-state index is -2.18. The molecule has 0 atom stereocenters. The van der Waals surface area contributed by atoms with Crippen LogP contribution in [0.2, 0.25) is 0 Å². The molecule has 0 spiro atoms. The third-order valence-corrected chi connectivity index (χ3v) is 9.80. The molecule has 1 aliphatic heterocycles. The Kier molecular flexibility index (Phi) is 19.9. The summed E-state index contributed by atoms with van der Waals surface area (Å²) in [5.74, 6) is -6.86. The number of alkyl halides is 6. The van der Waals surface area contributed by atoms with E-state index in [0.29, 0.717) is 11.1 Å². The quantitative estimate of drug-likeness (QED) is 0.0265. The fourth-order valence-corrected chi connectivity index (χ4v) is 6.71. The number of hydrogen-bond donors (Lipinski definition) is 0. The fourth-order valence-electron chi connectivity index (χ4n) is 6.38. The van der Waals surface area contributed by atoms with Crippen LogP contribution in [0.3, 0.4) is 0 Å². The van der Waals surface area contributed by atoms with Gasteiger partial charge in [-0.25, -0.2) is 0 Å². The Hall–Kier alpha value is -6.54. The number of methoxy groups -OCH3 is 2. The number of rotatable bonds is 20. The number of hydrogen-bond acceptors (Lipinski definition) is 16. The standard InChI is InChI=1S/C47H40Cl6N2O16/c1-28(56)68-44(69-29(2)57)45-70-39(42(64-24-32-19-11-13-21-35(32)54(58)59)65-25-33-20-12-14-22-36(33)55(60)61)38(40(71-45)43(66-26-46(48,49)50)67-27-47(51,52)53)34(23-30-15-7-5-8-16-30)37(41(62-3)63-4)31-17-9-6-10-18-31/h5-22H,23-27H2,1-4H3. The molecule has 1 heterocycles. The molecule has 24 heteroatoms. The van der Waals surface area contributed by atoms with E-state index in [4.69, 9.17) is 117 Å². The summed E-state index contributed by atoms with van der Waals surface area (Å²) in [6, 6.07) is 28.5. The summed E-state index contributed by atoms with van der Waals surface area (Å²) in [6.45, 7) is -0.985. The van der Waals surface area contributed by atoms with Crippen molar-refractivity contribution in [2.45, 2.75) is 41.1 Å². The number of nitrogens with zero attached hydrogens (tertiary/aromatic N) is 2. The van der Waals surface area contributed by atoms with Gasteiger partial charge in [-0.15, -0.1) is 0 Å². The molecule has 0 aromatic heterocycles. The van der Waals surface area contributed by atoms with E-state index in [1.807, 2.05) is 0 Å². The third-order valence-electron chi connectivity index (χ3n) is 9.15. The van der Waals surface area contributed by atoms with Crippen LogP contribution in [0, 0.1) is 20.2 Å². The van der Waals surface area contributed by atoms with E-state index in [1.54, 1.807) is 60.7 Å². The Labute approximate surface area is 435 Å². The van der Waals surface area contributed by atoms with Crippen LogP contribution in [-0.4, -0.2) is 56.8 Å². The van der Waals surface area contributed by atoms with E-state index in [0.717, 1.165) is 13.8 Å². The van der Waals surface area contributed by atoms with Gasteiger partial charge in [0.25, 0.3) is 17.3 Å². The number of halogens is 6. The van der Waals surface area contributed by atoms with Gasteiger partial charge in [0.1, 0.15) is 26.4 Å². The second kappa shape index (κ2) is 25.5. The highest BCUT2D eigenvalue weighted by atomic mass is 35.6. The van der Waals surface area contributed by atoms with E-state index < -0.39 is 91.1 Å². The highest BCUT2D eigenvalue weighted by Gasteiger charge is 2.42. The maximum absolute atomic E-state index is 12.7. The molecule has 4 aromatic carbocycles. The van der Waals surface area contributed by atoms with Crippen molar-refractivity contribution in [2.24, 2.45) is 0 Å². The summed E-state index contributed by atoms with van der Waals surface area (Å²) < 4.78 is 55.7. The van der Waals surface area contributed by atoms with Crippen molar-refractivity contribution >= 4 is 98.5 Å². The van der Waals surface area contributed by atoms with Crippen LogP contribution in [0.4, 0.5) is 11.4 Å². The highest BCUT2D eigenvalue weighted by molar-refractivity contribution is 6.68. The topological polar surface area (TPSA) is 213 Å². The van der Waals surface area contributed by atoms with Gasteiger partial charge in [0, 0.05) is 26.0 Å². The number of nitro benzene ring substituents is 2. The number of para-hydroxylation sites is 2. The summed E-state index contributed by atoms with van der Waals surface area (Å²) in [5.41, 5.74) is 0.270. The number of allylic oxidation sites excluding steroid dienone is 2. The minimum Gasteiger partial charge on any atom is -0.468 e. The molecule has 1 saturated heterocycles. The molecule has 0 saturated carbocycles. The zero-order chi connectivity index (χ0) is 51.9. The normalized spacial score (nSPS) is 13.0. The van der Waals surface area contributed by atoms with Gasteiger partial charge in [-0.1, -0.05) is 155 Å². The summed E-state index contributed by atoms with van der Waals surface area (Å²) >= 11 is 37.4. The Morgan fingerprint density at radius 3 is 1.39 bits per heavy atom. The molecule has 0 bridgehead atoms. The minimum absolute atomic E-state index is 0.00247. The van der Waals surface area contributed by atoms with E-state index in [-0.39, 0.29) is 51.6 Å². The van der Waals surface area contributed by atoms with Crippen LogP contribution >= 0.6 is 69.6 Å². The molecule has 1 fully saturated rings. The summed E-state index contributed by atoms with van der Waals surface area (Å²) in [5, 5.41) is 24.6. The maximum atomic E-state index is 12.7. The number of nitro groups is 2. The van der Waals surface area contributed by atoms with Crippen molar-refractivity contribution in [3.63, 3.8) is 0 Å². The molecule has 1 aliphatic rings. The molecule has 71 heavy (non-hydrogen) atoms. The Morgan fingerprint density at radius 2 is 0.986 bits per heavy atom. The zero-order valence-corrected chi connectivity index (χ0v) is 42.2. The van der Waals surface area contributed by atoms with Gasteiger partial charge >= 0.3 is 35.7 Å². The van der Waals surface area contributed by atoms with Crippen molar-refractivity contribution in [3.05, 3.63) is 204 Å². The van der Waals surface area contributed by atoms with Gasteiger partial charge in [0.2, 0.25) is 19.1 Å². The lowest BCUT2D eigenvalue weighted by molar-refractivity contribution is -0.386. The molecule has 5 rings (SSSR count). The molecule has 376 valence electrons. The second-order valence-electron chi connectivity index (χ2n) is 14.3. The second-order valence-corrected chi connectivity index (χ2v) is 19.3. The van der Waals surface area contributed by atoms with Crippen molar-refractivity contribution in [3.8, 4) is 0 Å². The van der Waals surface area contributed by atoms with Crippen LogP contribution in [-0.2, 0) is 76.6 Å². The summed E-state index contributed by atoms with van der Waals surface area (Å²) in [7, 11) is 2.66. The Bertz CT molecular complexity index is 2640. The zero-order valence-electron chi connectivity index (χ0n) is 37.6. The number of benzene rings is 4. The summed E-state index contributed by atoms with van der Waals surface area (Å²) in [4.78, 5) is 48.6. The van der Waals surface area contributed by atoms with E-state index in [2.05, 4.69) is 0 Å². The highest BCUT2D eigenvalue weighted by Crippen LogP contribution is 2.46. The molecule has 0 aliphatic carbocycles. The lowest BCUT2D eigenvalue weighted by Gasteiger charge is -2.31. The van der Waals surface area contributed by atoms with Crippen molar-refractivity contribution in [1.82, 2.24) is 0 Å². The molecular formula is C47H40Cl6N2O16. The first-order valence-electron chi connectivity index (χ1n) is 20.4. The lowest BCUT2D eigenvalue weighted by Crippen LogP contribution is -2.25. The molecule has 0 N–H and O–H groups in total. The largest absolute Gasteiger partial charge is 0.468 e. The maximum Gasteiger partial charge on any atom is 0.380 e. The summed E-state index contributed by atoms with van der Waals surface area (Å²) in [6.07, 6.45) is -0.139. The van der Waals surface area contributed by atoms with Gasteiger partial charge in [-0.2, -0.15) is 0 Å². The molecule has 0 radical (unpaired) electrons. The number of carbonyl (C=O) groups is 2. The smallest absolute Gasteiger partial charge is 0.380 e. The third kappa shape index (κ3) is 16.2. The van der Waals surface area contributed by atoms with Gasteiger partial charge < -0.3 is 47.4 Å². The number of esters is 2. The van der Waals surface area contributed by atoms with Crippen molar-refractivity contribution in [2.75, 3.05) is 27.4 Å². The van der Waals surface area contributed by atoms with Gasteiger partial charge in [-0.3, -0.25) is 29.8 Å². The average molecular weight is 1100 g/mol. The molecule has 0 amide bonds. The number of ether oxygens (including phenoxy) is 10. The molecule has 4 aromatic rings. The average Bonchev–Trinajstić information content (AvgIpc) is 3.32. The van der Waals surface area contributed by atoms with E-state index >= 15 is 0 Å². The first-order chi connectivity index (χ1) is 33.7. The fraction of sp³-hybridized carbons (Fsp3) is 0.234. The number of carbonyl (C=O) groups excluding carboxylic acids is 2. The molecule has 18 nitrogen and oxygen atoms in total.